The molecule has 1 saturated heterocycles. The highest BCUT2D eigenvalue weighted by Crippen LogP contribution is 2.34. The lowest BCUT2D eigenvalue weighted by Gasteiger charge is -2.39. The fourth-order valence-electron chi connectivity index (χ4n) is 3.93. The third-order valence-electron chi connectivity index (χ3n) is 5.79. The number of piperidine rings is 1. The summed E-state index contributed by atoms with van der Waals surface area (Å²) in [5, 5.41) is 6.56. The van der Waals surface area contributed by atoms with Gasteiger partial charge < -0.3 is 20.3 Å². The van der Waals surface area contributed by atoms with Gasteiger partial charge in [-0.1, -0.05) is 23.7 Å². The fourth-order valence-corrected chi connectivity index (χ4v) is 4.06. The third-order valence-corrected chi connectivity index (χ3v) is 6.04. The average molecular weight is 428 g/mol. The Morgan fingerprint density at radius 2 is 1.83 bits per heavy atom. The zero-order chi connectivity index (χ0) is 21.1. The minimum atomic E-state index is -0.290. The number of benzene rings is 2. The van der Waals surface area contributed by atoms with E-state index in [2.05, 4.69) is 10.6 Å². The summed E-state index contributed by atoms with van der Waals surface area (Å²) in [5.74, 6) is 1.44. The van der Waals surface area contributed by atoms with Crippen LogP contribution in [0.3, 0.4) is 0 Å². The van der Waals surface area contributed by atoms with Gasteiger partial charge in [0.1, 0.15) is 5.75 Å². The van der Waals surface area contributed by atoms with Crippen LogP contribution in [0.15, 0.2) is 48.5 Å². The number of ether oxygens (including phenoxy) is 1. The van der Waals surface area contributed by atoms with Crippen LogP contribution < -0.4 is 15.4 Å². The van der Waals surface area contributed by atoms with Crippen molar-refractivity contribution in [1.29, 1.82) is 0 Å². The Morgan fingerprint density at radius 3 is 2.47 bits per heavy atom. The molecule has 4 rings (SSSR count). The van der Waals surface area contributed by atoms with Crippen molar-refractivity contribution in [2.45, 2.75) is 31.2 Å². The van der Waals surface area contributed by atoms with Crippen LogP contribution in [0.4, 0.5) is 10.5 Å². The lowest BCUT2D eigenvalue weighted by atomic mass is 9.84. The Bertz CT molecular complexity index is 897. The largest absolute Gasteiger partial charge is 0.497 e. The molecule has 3 amide bonds. The van der Waals surface area contributed by atoms with Crippen molar-refractivity contribution in [3.8, 4) is 5.75 Å². The monoisotopic (exact) mass is 427 g/mol. The van der Waals surface area contributed by atoms with Crippen LogP contribution in [0, 0.1) is 5.92 Å². The normalized spacial score (nSPS) is 21.3. The predicted octanol–water partition coefficient (Wildman–Crippen LogP) is 4.26. The number of nitrogens with one attached hydrogen (secondary N) is 2. The molecular formula is C23H26ClN3O3. The first-order valence-corrected chi connectivity index (χ1v) is 10.6. The van der Waals surface area contributed by atoms with E-state index in [4.69, 9.17) is 16.3 Å². The molecule has 0 unspecified atom stereocenters. The summed E-state index contributed by atoms with van der Waals surface area (Å²) in [6.07, 6.45) is 2.74. The van der Waals surface area contributed by atoms with Gasteiger partial charge in [-0.25, -0.2) is 4.79 Å². The molecule has 1 aliphatic heterocycles. The van der Waals surface area contributed by atoms with Crippen molar-refractivity contribution in [3.05, 3.63) is 59.1 Å². The van der Waals surface area contributed by atoms with Crippen molar-refractivity contribution in [3.63, 3.8) is 0 Å². The highest BCUT2D eigenvalue weighted by molar-refractivity contribution is 6.30. The number of amides is 3. The summed E-state index contributed by atoms with van der Waals surface area (Å²) >= 11 is 5.91. The molecule has 2 N–H and O–H groups in total. The Balaban J connectivity index is 1.49. The number of hydrogen-bond acceptors (Lipinski definition) is 3. The van der Waals surface area contributed by atoms with Crippen molar-refractivity contribution in [2.75, 3.05) is 25.5 Å². The molecule has 0 aromatic heterocycles. The van der Waals surface area contributed by atoms with Gasteiger partial charge in [-0.3, -0.25) is 4.79 Å². The second-order valence-corrected chi connectivity index (χ2v) is 8.47. The fraction of sp³-hybridized carbons (Fsp3) is 0.391. The standard InChI is InChI=1S/C23H26ClN3O3/c1-30-19-10-4-16(5-11-19)20-12-22(28)27(13-15-2-3-15)14-21(20)26-23(29)25-18-8-6-17(24)7-9-18/h4-11,15,20-21H,2-3,12-14H2,1H3,(H2,25,26,29)/t20-,21+/m1/s1. The summed E-state index contributed by atoms with van der Waals surface area (Å²) in [6.45, 7) is 1.30. The summed E-state index contributed by atoms with van der Waals surface area (Å²) in [5.41, 5.74) is 1.69. The van der Waals surface area contributed by atoms with Crippen molar-refractivity contribution < 1.29 is 14.3 Å². The molecule has 30 heavy (non-hydrogen) atoms. The zero-order valence-electron chi connectivity index (χ0n) is 16.9. The first kappa shape index (κ1) is 20.5. The summed E-state index contributed by atoms with van der Waals surface area (Å²) < 4.78 is 5.25. The van der Waals surface area contributed by atoms with E-state index in [1.807, 2.05) is 29.2 Å². The topological polar surface area (TPSA) is 70.7 Å². The molecular weight excluding hydrogens is 402 g/mol. The molecule has 1 aliphatic carbocycles. The van der Waals surface area contributed by atoms with Crippen LogP contribution in [0.1, 0.15) is 30.7 Å². The maximum atomic E-state index is 12.8. The minimum Gasteiger partial charge on any atom is -0.497 e. The van der Waals surface area contributed by atoms with Crippen molar-refractivity contribution >= 4 is 29.2 Å². The Kier molecular flexibility index (Phi) is 6.13. The molecule has 0 spiro atoms. The molecule has 0 radical (unpaired) electrons. The molecule has 2 aromatic carbocycles. The van der Waals surface area contributed by atoms with Crippen molar-refractivity contribution in [1.82, 2.24) is 10.2 Å². The van der Waals surface area contributed by atoms with Gasteiger partial charge in [-0.15, -0.1) is 0 Å². The Morgan fingerprint density at radius 1 is 1.13 bits per heavy atom. The number of urea groups is 1. The van der Waals surface area contributed by atoms with Crippen LogP contribution >= 0.6 is 11.6 Å². The first-order valence-electron chi connectivity index (χ1n) is 10.3. The van der Waals surface area contributed by atoms with Gasteiger partial charge in [0.25, 0.3) is 0 Å². The van der Waals surface area contributed by atoms with E-state index in [0.29, 0.717) is 29.6 Å². The van der Waals surface area contributed by atoms with Crippen LogP contribution in [0.25, 0.3) is 0 Å². The highest BCUT2D eigenvalue weighted by atomic mass is 35.5. The quantitative estimate of drug-likeness (QED) is 0.723. The van der Waals surface area contributed by atoms with E-state index in [9.17, 15) is 9.59 Å². The molecule has 158 valence electrons. The molecule has 2 aliphatic rings. The van der Waals surface area contributed by atoms with Gasteiger partial charge >= 0.3 is 6.03 Å². The minimum absolute atomic E-state index is 0.0881. The van der Waals surface area contributed by atoms with Gasteiger partial charge in [-0.2, -0.15) is 0 Å². The van der Waals surface area contributed by atoms with Gasteiger partial charge in [0.2, 0.25) is 5.91 Å². The SMILES string of the molecule is COc1ccc([C@H]2CC(=O)N(CC3CC3)C[C@@H]2NC(=O)Nc2ccc(Cl)cc2)cc1. The van der Waals surface area contributed by atoms with Crippen LogP contribution in [0.5, 0.6) is 5.75 Å². The Labute approximate surface area is 181 Å². The lowest BCUT2D eigenvalue weighted by Crippen LogP contribution is -2.54. The highest BCUT2D eigenvalue weighted by Gasteiger charge is 2.38. The number of nitrogens with zero attached hydrogens (tertiary/aromatic N) is 1. The first-order chi connectivity index (χ1) is 14.5. The molecule has 2 aromatic rings. The number of halogens is 1. The molecule has 6 nitrogen and oxygen atoms in total. The van der Waals surface area contributed by atoms with Crippen molar-refractivity contribution in [2.24, 2.45) is 5.92 Å². The van der Waals surface area contributed by atoms with E-state index < -0.39 is 0 Å². The molecule has 1 saturated carbocycles. The van der Waals surface area contributed by atoms with E-state index >= 15 is 0 Å². The number of likely N-dealkylation sites (tertiary alicyclic amines) is 1. The maximum Gasteiger partial charge on any atom is 0.319 e. The maximum absolute atomic E-state index is 12.8. The van der Waals surface area contributed by atoms with E-state index in [-0.39, 0.29) is 23.9 Å². The van der Waals surface area contributed by atoms with Crippen LogP contribution in [0.2, 0.25) is 5.02 Å². The molecule has 2 atom stereocenters. The van der Waals surface area contributed by atoms with Gasteiger partial charge in [-0.05, 0) is 60.7 Å². The second kappa shape index (κ2) is 8.96. The predicted molar refractivity (Wildman–Crippen MR) is 117 cm³/mol. The van der Waals surface area contributed by atoms with Crippen LogP contribution in [-0.2, 0) is 4.79 Å². The number of carbonyl (C=O) groups is 2. The number of methoxy groups -OCH3 is 1. The number of carbonyl (C=O) groups excluding carboxylic acids is 2. The van der Waals surface area contributed by atoms with Gasteiger partial charge in [0, 0.05) is 36.1 Å². The molecule has 7 heteroatoms. The number of rotatable bonds is 6. The van der Waals surface area contributed by atoms with E-state index in [0.717, 1.165) is 17.9 Å². The van der Waals surface area contributed by atoms with E-state index in [1.54, 1.807) is 31.4 Å². The average Bonchev–Trinajstić information content (AvgIpc) is 3.56. The second-order valence-electron chi connectivity index (χ2n) is 8.04. The molecule has 2 fully saturated rings. The summed E-state index contributed by atoms with van der Waals surface area (Å²) in [6, 6.07) is 14.2. The third kappa shape index (κ3) is 5.05. The smallest absolute Gasteiger partial charge is 0.319 e. The molecule has 1 heterocycles. The zero-order valence-corrected chi connectivity index (χ0v) is 17.7. The van der Waals surface area contributed by atoms with Gasteiger partial charge in [0.15, 0.2) is 0 Å². The summed E-state index contributed by atoms with van der Waals surface area (Å²) in [4.78, 5) is 27.4. The summed E-state index contributed by atoms with van der Waals surface area (Å²) in [7, 11) is 1.63. The molecule has 0 bridgehead atoms. The van der Waals surface area contributed by atoms with Crippen LogP contribution in [-0.4, -0.2) is 43.1 Å². The van der Waals surface area contributed by atoms with Gasteiger partial charge in [0.05, 0.1) is 13.2 Å². The lowest BCUT2D eigenvalue weighted by molar-refractivity contribution is -0.135. The number of anilines is 1. The van der Waals surface area contributed by atoms with E-state index in [1.165, 1.54) is 12.8 Å². The Hall–Kier alpha value is -2.73. The number of hydrogen-bond donors (Lipinski definition) is 2.